The van der Waals surface area contributed by atoms with Crippen LogP contribution in [-0.2, 0) is 13.0 Å². The van der Waals surface area contributed by atoms with Crippen molar-refractivity contribution in [1.82, 2.24) is 9.55 Å². The Balaban J connectivity index is 2.13. The van der Waals surface area contributed by atoms with E-state index in [0.717, 1.165) is 18.8 Å². The molecule has 90 valence electrons. The fraction of sp³-hybridized carbons (Fsp3) is 0.357. The number of aromatic nitrogens is 2. The van der Waals surface area contributed by atoms with Gasteiger partial charge in [-0.1, -0.05) is 26.0 Å². The van der Waals surface area contributed by atoms with Crippen molar-refractivity contribution < 1.29 is 5.11 Å². The van der Waals surface area contributed by atoms with Crippen LogP contribution in [-0.4, -0.2) is 14.7 Å². The number of phenols is 1. The van der Waals surface area contributed by atoms with Crippen LogP contribution in [0.3, 0.4) is 0 Å². The molecule has 0 bridgehead atoms. The molecule has 0 saturated carbocycles. The first-order valence-corrected chi connectivity index (χ1v) is 5.93. The van der Waals surface area contributed by atoms with Crippen molar-refractivity contribution in [2.75, 3.05) is 0 Å². The summed E-state index contributed by atoms with van der Waals surface area (Å²) in [6.45, 7) is 5.20. The number of nitrogens with zero attached hydrogens (tertiary/aromatic N) is 2. The van der Waals surface area contributed by atoms with Gasteiger partial charge in [0.15, 0.2) is 0 Å². The monoisotopic (exact) mass is 230 g/mol. The molecule has 1 aromatic carbocycles. The molecule has 2 rings (SSSR count). The number of imidazole rings is 1. The third-order valence-electron chi connectivity index (χ3n) is 2.68. The van der Waals surface area contributed by atoms with Gasteiger partial charge in [-0.15, -0.1) is 0 Å². The molecule has 1 heterocycles. The van der Waals surface area contributed by atoms with Gasteiger partial charge in [-0.2, -0.15) is 0 Å². The predicted octanol–water partition coefficient (Wildman–Crippen LogP) is 2.84. The summed E-state index contributed by atoms with van der Waals surface area (Å²) in [5.74, 6) is 2.03. The molecule has 0 atom stereocenters. The van der Waals surface area contributed by atoms with E-state index < -0.39 is 0 Å². The Kier molecular flexibility index (Phi) is 3.47. The zero-order chi connectivity index (χ0) is 12.3. The van der Waals surface area contributed by atoms with Gasteiger partial charge in [-0.3, -0.25) is 0 Å². The second kappa shape index (κ2) is 5.04. The van der Waals surface area contributed by atoms with Crippen LogP contribution in [0, 0.1) is 5.92 Å². The van der Waals surface area contributed by atoms with Crippen LogP contribution in [0.1, 0.15) is 25.2 Å². The van der Waals surface area contributed by atoms with Crippen molar-refractivity contribution in [3.8, 4) is 5.75 Å². The number of benzene rings is 1. The highest BCUT2D eigenvalue weighted by Crippen LogP contribution is 2.13. The van der Waals surface area contributed by atoms with Gasteiger partial charge in [0.05, 0.1) is 0 Å². The Hall–Kier alpha value is -1.77. The minimum atomic E-state index is 0.307. The van der Waals surface area contributed by atoms with Crippen LogP contribution in [0.15, 0.2) is 36.7 Å². The van der Waals surface area contributed by atoms with Gasteiger partial charge in [0.2, 0.25) is 0 Å². The maximum atomic E-state index is 9.24. The Bertz CT molecular complexity index is 471. The molecule has 3 heteroatoms. The van der Waals surface area contributed by atoms with Crippen LogP contribution >= 0.6 is 0 Å². The molecule has 2 aromatic rings. The maximum absolute atomic E-state index is 9.24. The van der Waals surface area contributed by atoms with E-state index in [1.165, 1.54) is 5.56 Å². The summed E-state index contributed by atoms with van der Waals surface area (Å²) < 4.78 is 2.16. The molecular formula is C14H18N2O. The fourth-order valence-corrected chi connectivity index (χ4v) is 1.84. The van der Waals surface area contributed by atoms with Gasteiger partial charge in [-0.25, -0.2) is 4.98 Å². The lowest BCUT2D eigenvalue weighted by Crippen LogP contribution is -2.07. The minimum absolute atomic E-state index is 0.307. The van der Waals surface area contributed by atoms with Gasteiger partial charge in [0, 0.05) is 25.4 Å². The summed E-state index contributed by atoms with van der Waals surface area (Å²) in [6.07, 6.45) is 4.84. The normalized spacial score (nSPS) is 11.0. The molecule has 0 amide bonds. The Labute approximate surface area is 102 Å². The minimum Gasteiger partial charge on any atom is -0.508 e. The van der Waals surface area contributed by atoms with Crippen LogP contribution < -0.4 is 0 Å². The third kappa shape index (κ3) is 3.09. The second-order valence-electron chi connectivity index (χ2n) is 4.74. The zero-order valence-corrected chi connectivity index (χ0v) is 10.3. The summed E-state index contributed by atoms with van der Waals surface area (Å²) in [7, 11) is 0. The quantitative estimate of drug-likeness (QED) is 0.877. The van der Waals surface area contributed by atoms with Gasteiger partial charge < -0.3 is 9.67 Å². The first-order valence-electron chi connectivity index (χ1n) is 5.93. The summed E-state index contributed by atoms with van der Waals surface area (Å²) in [4.78, 5) is 4.38. The first-order chi connectivity index (χ1) is 8.15. The highest BCUT2D eigenvalue weighted by molar-refractivity contribution is 5.26. The lowest BCUT2D eigenvalue weighted by atomic mass is 10.1. The van der Waals surface area contributed by atoms with Gasteiger partial charge in [0.25, 0.3) is 0 Å². The molecule has 1 N–H and O–H groups in total. The Morgan fingerprint density at radius 2 is 1.94 bits per heavy atom. The van der Waals surface area contributed by atoms with Gasteiger partial charge >= 0.3 is 0 Å². The average molecular weight is 230 g/mol. The van der Waals surface area contributed by atoms with E-state index in [0.29, 0.717) is 11.7 Å². The van der Waals surface area contributed by atoms with Crippen LogP contribution in [0.4, 0.5) is 0 Å². The van der Waals surface area contributed by atoms with Crippen molar-refractivity contribution in [1.29, 1.82) is 0 Å². The maximum Gasteiger partial charge on any atom is 0.115 e. The van der Waals surface area contributed by atoms with E-state index in [1.54, 1.807) is 12.1 Å². The van der Waals surface area contributed by atoms with Crippen LogP contribution in [0.5, 0.6) is 5.75 Å². The Morgan fingerprint density at radius 1 is 1.24 bits per heavy atom. The summed E-state index contributed by atoms with van der Waals surface area (Å²) >= 11 is 0. The highest BCUT2D eigenvalue weighted by atomic mass is 16.3. The summed E-state index contributed by atoms with van der Waals surface area (Å²) in [6, 6.07) is 7.31. The smallest absolute Gasteiger partial charge is 0.115 e. The number of rotatable bonds is 4. The molecule has 0 unspecified atom stereocenters. The predicted molar refractivity (Wildman–Crippen MR) is 68.0 cm³/mol. The molecule has 0 fully saturated rings. The number of aromatic hydroxyl groups is 1. The lowest BCUT2D eigenvalue weighted by Gasteiger charge is -2.09. The van der Waals surface area contributed by atoms with Gasteiger partial charge in [-0.05, 0) is 23.6 Å². The SMILES string of the molecule is CC(C)Cc1nccn1Cc1ccc(O)cc1. The zero-order valence-electron chi connectivity index (χ0n) is 10.3. The van der Waals surface area contributed by atoms with E-state index in [9.17, 15) is 5.11 Å². The standard InChI is InChI=1S/C14H18N2O/c1-11(2)9-14-15-7-8-16(14)10-12-3-5-13(17)6-4-12/h3-8,11,17H,9-10H2,1-2H3. The molecule has 0 aliphatic heterocycles. The van der Waals surface area contributed by atoms with E-state index in [4.69, 9.17) is 0 Å². The van der Waals surface area contributed by atoms with Crippen molar-refractivity contribution in [2.24, 2.45) is 5.92 Å². The largest absolute Gasteiger partial charge is 0.508 e. The molecule has 17 heavy (non-hydrogen) atoms. The van der Waals surface area contributed by atoms with Crippen molar-refractivity contribution in [2.45, 2.75) is 26.8 Å². The number of hydrogen-bond acceptors (Lipinski definition) is 2. The molecule has 0 aliphatic carbocycles. The van der Waals surface area contributed by atoms with Crippen molar-refractivity contribution >= 4 is 0 Å². The molecular weight excluding hydrogens is 212 g/mol. The fourth-order valence-electron chi connectivity index (χ4n) is 1.84. The summed E-state index contributed by atoms with van der Waals surface area (Å²) in [5, 5.41) is 9.24. The molecule has 1 aromatic heterocycles. The summed E-state index contributed by atoms with van der Waals surface area (Å²) in [5.41, 5.74) is 1.17. The lowest BCUT2D eigenvalue weighted by molar-refractivity contribution is 0.475. The molecule has 0 aliphatic rings. The average Bonchev–Trinajstić information content (AvgIpc) is 2.68. The van der Waals surface area contributed by atoms with E-state index in [1.807, 2.05) is 24.5 Å². The molecule has 0 spiro atoms. The number of phenolic OH excluding ortho intramolecular Hbond substituents is 1. The van der Waals surface area contributed by atoms with Gasteiger partial charge in [0.1, 0.15) is 11.6 Å². The molecule has 3 nitrogen and oxygen atoms in total. The van der Waals surface area contributed by atoms with E-state index in [-0.39, 0.29) is 0 Å². The van der Waals surface area contributed by atoms with E-state index >= 15 is 0 Å². The van der Waals surface area contributed by atoms with Crippen molar-refractivity contribution in [3.63, 3.8) is 0 Å². The number of hydrogen-bond donors (Lipinski definition) is 1. The van der Waals surface area contributed by atoms with Crippen LogP contribution in [0.25, 0.3) is 0 Å². The highest BCUT2D eigenvalue weighted by Gasteiger charge is 2.05. The van der Waals surface area contributed by atoms with Crippen molar-refractivity contribution in [3.05, 3.63) is 48.0 Å². The third-order valence-corrected chi connectivity index (χ3v) is 2.68. The second-order valence-corrected chi connectivity index (χ2v) is 4.74. The first kappa shape index (κ1) is 11.7. The topological polar surface area (TPSA) is 38.0 Å². The molecule has 0 saturated heterocycles. The molecule has 0 radical (unpaired) electrons. The van der Waals surface area contributed by atoms with E-state index in [2.05, 4.69) is 23.4 Å². The Morgan fingerprint density at radius 3 is 2.59 bits per heavy atom. The van der Waals surface area contributed by atoms with Crippen LogP contribution in [0.2, 0.25) is 0 Å².